The molecule has 1 fully saturated rings. The van der Waals surface area contributed by atoms with Crippen molar-refractivity contribution in [1.29, 1.82) is 0 Å². The van der Waals surface area contributed by atoms with Crippen molar-refractivity contribution in [3.63, 3.8) is 0 Å². The normalized spacial score (nSPS) is 19.1. The van der Waals surface area contributed by atoms with E-state index in [2.05, 4.69) is 4.98 Å². The fraction of sp³-hybridized carbons (Fsp3) is 0.667. The maximum absolute atomic E-state index is 12.1. The lowest BCUT2D eigenvalue weighted by Crippen LogP contribution is -2.36. The van der Waals surface area contributed by atoms with Gasteiger partial charge >= 0.3 is 0 Å². The van der Waals surface area contributed by atoms with Crippen LogP contribution in [0.3, 0.4) is 0 Å². The topological polar surface area (TPSA) is 68.5 Å². The molecule has 0 saturated carbocycles. The summed E-state index contributed by atoms with van der Waals surface area (Å²) in [6.07, 6.45) is 1.39. The summed E-state index contributed by atoms with van der Waals surface area (Å²) in [6.45, 7) is 5.11. The summed E-state index contributed by atoms with van der Waals surface area (Å²) in [5.74, 6) is 0.601. The number of aromatic nitrogens is 1. The molecule has 0 spiro atoms. The number of carbonyl (C=O) groups is 1. The van der Waals surface area contributed by atoms with E-state index in [0.29, 0.717) is 17.5 Å². The van der Waals surface area contributed by atoms with Gasteiger partial charge in [0, 0.05) is 31.0 Å². The summed E-state index contributed by atoms with van der Waals surface area (Å²) >= 11 is 1.37. The van der Waals surface area contributed by atoms with Crippen molar-refractivity contribution in [2.24, 2.45) is 5.92 Å². The van der Waals surface area contributed by atoms with E-state index in [1.807, 2.05) is 17.2 Å². The number of nitrogens with two attached hydrogens (primary N) is 1. The van der Waals surface area contributed by atoms with Crippen molar-refractivity contribution in [2.75, 3.05) is 32.0 Å². The average Bonchev–Trinajstić information content (AvgIpc) is 2.97. The van der Waals surface area contributed by atoms with Gasteiger partial charge in [0.1, 0.15) is 0 Å². The summed E-state index contributed by atoms with van der Waals surface area (Å²) in [4.78, 5) is 18.2. The molecule has 100 valence electrons. The lowest BCUT2D eigenvalue weighted by atomic mass is 10.1. The van der Waals surface area contributed by atoms with Gasteiger partial charge in [-0.1, -0.05) is 0 Å². The number of likely N-dealkylation sites (N-methyl/N-ethyl adjacent to an activating group) is 1. The molecule has 2 N–H and O–H groups in total. The highest BCUT2D eigenvalue weighted by Gasteiger charge is 2.21. The van der Waals surface area contributed by atoms with Gasteiger partial charge in [-0.15, -0.1) is 11.3 Å². The SMILES string of the molecule is CCN(CC1CCOC1)C(=O)Cc1csc(N)n1. The molecule has 1 aromatic heterocycles. The van der Waals surface area contributed by atoms with Crippen molar-refractivity contribution < 1.29 is 9.53 Å². The van der Waals surface area contributed by atoms with Gasteiger partial charge in [0.25, 0.3) is 0 Å². The molecule has 0 aliphatic carbocycles. The second kappa shape index (κ2) is 6.15. The van der Waals surface area contributed by atoms with Crippen LogP contribution in [-0.4, -0.2) is 42.1 Å². The van der Waals surface area contributed by atoms with Crippen molar-refractivity contribution in [2.45, 2.75) is 19.8 Å². The van der Waals surface area contributed by atoms with Gasteiger partial charge < -0.3 is 15.4 Å². The van der Waals surface area contributed by atoms with E-state index in [-0.39, 0.29) is 5.91 Å². The molecule has 1 aliphatic heterocycles. The first-order valence-corrected chi connectivity index (χ1v) is 7.12. The van der Waals surface area contributed by atoms with Gasteiger partial charge in [-0.05, 0) is 13.3 Å². The summed E-state index contributed by atoms with van der Waals surface area (Å²) in [5, 5.41) is 2.37. The molecular formula is C12H19N3O2S. The van der Waals surface area contributed by atoms with E-state index in [1.54, 1.807) is 0 Å². The third kappa shape index (κ3) is 3.43. The zero-order chi connectivity index (χ0) is 13.0. The Morgan fingerprint density at radius 2 is 2.56 bits per heavy atom. The van der Waals surface area contributed by atoms with Crippen LogP contribution in [0.5, 0.6) is 0 Å². The number of nitrogen functional groups attached to an aromatic ring is 1. The second-order valence-electron chi connectivity index (χ2n) is 4.52. The molecule has 0 radical (unpaired) electrons. The monoisotopic (exact) mass is 269 g/mol. The van der Waals surface area contributed by atoms with Gasteiger partial charge in [-0.2, -0.15) is 0 Å². The molecule has 5 nitrogen and oxygen atoms in total. The van der Waals surface area contributed by atoms with Crippen LogP contribution in [0.4, 0.5) is 5.13 Å². The minimum Gasteiger partial charge on any atom is -0.381 e. The minimum absolute atomic E-state index is 0.120. The fourth-order valence-electron chi connectivity index (χ4n) is 2.12. The summed E-state index contributed by atoms with van der Waals surface area (Å²) in [6, 6.07) is 0. The highest BCUT2D eigenvalue weighted by Crippen LogP contribution is 2.16. The molecule has 0 aromatic carbocycles. The molecule has 2 rings (SSSR count). The van der Waals surface area contributed by atoms with E-state index < -0.39 is 0 Å². The van der Waals surface area contributed by atoms with Crippen molar-refractivity contribution >= 4 is 22.4 Å². The number of anilines is 1. The average molecular weight is 269 g/mol. The van der Waals surface area contributed by atoms with E-state index >= 15 is 0 Å². The molecule has 18 heavy (non-hydrogen) atoms. The van der Waals surface area contributed by atoms with Crippen molar-refractivity contribution in [3.8, 4) is 0 Å². The number of carbonyl (C=O) groups excluding carboxylic acids is 1. The van der Waals surface area contributed by atoms with Crippen molar-refractivity contribution in [3.05, 3.63) is 11.1 Å². The first-order valence-electron chi connectivity index (χ1n) is 6.24. The Morgan fingerprint density at radius 1 is 1.72 bits per heavy atom. The van der Waals surface area contributed by atoms with E-state index in [0.717, 1.165) is 38.4 Å². The van der Waals surface area contributed by atoms with E-state index in [1.165, 1.54) is 11.3 Å². The number of ether oxygens (including phenoxy) is 1. The minimum atomic E-state index is 0.120. The quantitative estimate of drug-likeness (QED) is 0.870. The van der Waals surface area contributed by atoms with Gasteiger partial charge in [0.15, 0.2) is 5.13 Å². The first-order chi connectivity index (χ1) is 8.69. The van der Waals surface area contributed by atoms with Crippen LogP contribution in [0, 0.1) is 5.92 Å². The molecule has 0 bridgehead atoms. The molecule has 1 aliphatic rings. The maximum atomic E-state index is 12.1. The molecule has 1 saturated heterocycles. The van der Waals surface area contributed by atoms with Gasteiger partial charge in [0.05, 0.1) is 18.7 Å². The highest BCUT2D eigenvalue weighted by atomic mass is 32.1. The molecule has 2 heterocycles. The Hall–Kier alpha value is -1.14. The number of thiazole rings is 1. The molecule has 1 aromatic rings. The van der Waals surface area contributed by atoms with E-state index in [9.17, 15) is 4.79 Å². The second-order valence-corrected chi connectivity index (χ2v) is 5.41. The van der Waals surface area contributed by atoms with Gasteiger partial charge in [-0.3, -0.25) is 4.79 Å². The number of hydrogen-bond acceptors (Lipinski definition) is 5. The summed E-state index contributed by atoms with van der Waals surface area (Å²) in [7, 11) is 0. The van der Waals surface area contributed by atoms with Crippen LogP contribution >= 0.6 is 11.3 Å². The molecule has 1 unspecified atom stereocenters. The van der Waals surface area contributed by atoms with Crippen LogP contribution in [0.2, 0.25) is 0 Å². The van der Waals surface area contributed by atoms with Crippen LogP contribution in [0.1, 0.15) is 19.0 Å². The van der Waals surface area contributed by atoms with Crippen LogP contribution in [-0.2, 0) is 16.0 Å². The molecule has 6 heteroatoms. The number of amides is 1. The molecule has 1 atom stereocenters. The first kappa shape index (κ1) is 13.3. The predicted octanol–water partition coefficient (Wildman–Crippen LogP) is 1.15. The summed E-state index contributed by atoms with van der Waals surface area (Å²) < 4.78 is 5.34. The number of nitrogens with zero attached hydrogens (tertiary/aromatic N) is 2. The Labute approximate surface area is 111 Å². The van der Waals surface area contributed by atoms with Crippen LogP contribution in [0.25, 0.3) is 0 Å². The zero-order valence-electron chi connectivity index (χ0n) is 10.6. The zero-order valence-corrected chi connectivity index (χ0v) is 11.4. The number of hydrogen-bond donors (Lipinski definition) is 1. The fourth-order valence-corrected chi connectivity index (χ4v) is 2.68. The predicted molar refractivity (Wildman–Crippen MR) is 71.4 cm³/mol. The lowest BCUT2D eigenvalue weighted by molar-refractivity contribution is -0.130. The Bertz CT molecular complexity index is 402. The highest BCUT2D eigenvalue weighted by molar-refractivity contribution is 7.13. The Kier molecular flexibility index (Phi) is 4.54. The van der Waals surface area contributed by atoms with Gasteiger partial charge in [-0.25, -0.2) is 4.98 Å². The van der Waals surface area contributed by atoms with E-state index in [4.69, 9.17) is 10.5 Å². The van der Waals surface area contributed by atoms with Crippen molar-refractivity contribution in [1.82, 2.24) is 9.88 Å². The Morgan fingerprint density at radius 3 is 3.11 bits per heavy atom. The maximum Gasteiger partial charge on any atom is 0.228 e. The van der Waals surface area contributed by atoms with Crippen LogP contribution in [0.15, 0.2) is 5.38 Å². The van der Waals surface area contributed by atoms with Gasteiger partial charge in [0.2, 0.25) is 5.91 Å². The summed E-state index contributed by atoms with van der Waals surface area (Å²) in [5.41, 5.74) is 6.33. The molecular weight excluding hydrogens is 250 g/mol. The largest absolute Gasteiger partial charge is 0.381 e. The lowest BCUT2D eigenvalue weighted by Gasteiger charge is -2.23. The third-order valence-electron chi connectivity index (χ3n) is 3.14. The standard InChI is InChI=1S/C12H19N3O2S/c1-2-15(6-9-3-4-17-7-9)11(16)5-10-8-18-12(13)14-10/h8-9H,2-7H2,1H3,(H2,13,14). The third-order valence-corrected chi connectivity index (χ3v) is 3.86. The smallest absolute Gasteiger partial charge is 0.228 e. The Balaban J connectivity index is 1.88. The number of rotatable bonds is 5. The van der Waals surface area contributed by atoms with Crippen LogP contribution < -0.4 is 5.73 Å². The molecule has 1 amide bonds.